The van der Waals surface area contributed by atoms with Crippen LogP contribution in [0.25, 0.3) is 0 Å². The van der Waals surface area contributed by atoms with E-state index in [0.717, 1.165) is 49.4 Å². The minimum atomic E-state index is -0.253. The van der Waals surface area contributed by atoms with Gasteiger partial charge in [-0.05, 0) is 67.1 Å². The molecule has 0 aromatic heterocycles. The van der Waals surface area contributed by atoms with Crippen LogP contribution in [0, 0.1) is 11.7 Å². The summed E-state index contributed by atoms with van der Waals surface area (Å²) in [7, 11) is 0. The Bertz CT molecular complexity index is 921. The first-order chi connectivity index (χ1) is 15.9. The van der Waals surface area contributed by atoms with Crippen LogP contribution in [-0.4, -0.2) is 53.7 Å². The van der Waals surface area contributed by atoms with Gasteiger partial charge in [0.15, 0.2) is 0 Å². The Kier molecular flexibility index (Phi) is 7.23. The highest BCUT2D eigenvalue weighted by Crippen LogP contribution is 2.36. The van der Waals surface area contributed by atoms with Crippen LogP contribution >= 0.6 is 0 Å². The summed E-state index contributed by atoms with van der Waals surface area (Å²) in [5.74, 6) is 1.09. The van der Waals surface area contributed by atoms with Crippen molar-refractivity contribution in [2.45, 2.75) is 58.2 Å². The summed E-state index contributed by atoms with van der Waals surface area (Å²) in [6.45, 7) is 10.7. The van der Waals surface area contributed by atoms with Gasteiger partial charge in [0.2, 0.25) is 0 Å². The largest absolute Gasteiger partial charge is 0.493 e. The highest BCUT2D eigenvalue weighted by atomic mass is 19.1. The SMILES string of the molecule is CCN1CCC2(CC1)NC(=O)N(Cc1ccc(OCC(C)C)cc1)[C@@H]2Cc1ccc(F)cc1. The molecule has 0 bridgehead atoms. The van der Waals surface area contributed by atoms with Crippen LogP contribution in [0.4, 0.5) is 9.18 Å². The third kappa shape index (κ3) is 5.49. The number of carbonyl (C=O) groups is 1. The van der Waals surface area contributed by atoms with Gasteiger partial charge in [-0.2, -0.15) is 0 Å². The average molecular weight is 454 g/mol. The molecule has 0 radical (unpaired) electrons. The Hall–Kier alpha value is -2.60. The van der Waals surface area contributed by atoms with Crippen molar-refractivity contribution in [3.8, 4) is 5.75 Å². The van der Waals surface area contributed by atoms with Crippen LogP contribution in [0.5, 0.6) is 5.75 Å². The minimum Gasteiger partial charge on any atom is -0.493 e. The summed E-state index contributed by atoms with van der Waals surface area (Å²) in [5, 5.41) is 3.37. The van der Waals surface area contributed by atoms with Crippen LogP contribution in [0.2, 0.25) is 0 Å². The molecular weight excluding hydrogens is 417 g/mol. The van der Waals surface area contributed by atoms with Gasteiger partial charge in [0.1, 0.15) is 11.6 Å². The van der Waals surface area contributed by atoms with Crippen LogP contribution in [0.3, 0.4) is 0 Å². The maximum absolute atomic E-state index is 13.5. The number of benzene rings is 2. The number of hydrogen-bond donors (Lipinski definition) is 1. The molecule has 2 heterocycles. The van der Waals surface area contributed by atoms with Gasteiger partial charge in [0, 0.05) is 19.6 Å². The van der Waals surface area contributed by atoms with Gasteiger partial charge in [-0.15, -0.1) is 0 Å². The number of likely N-dealkylation sites (tertiary alicyclic amines) is 1. The molecule has 0 saturated carbocycles. The second kappa shape index (κ2) is 10.1. The van der Waals surface area contributed by atoms with Gasteiger partial charge in [0.25, 0.3) is 0 Å². The molecule has 2 fully saturated rings. The summed E-state index contributed by atoms with van der Waals surface area (Å²) >= 11 is 0. The Morgan fingerprint density at radius 2 is 1.70 bits per heavy atom. The van der Waals surface area contributed by atoms with Crippen molar-refractivity contribution >= 4 is 6.03 Å². The zero-order chi connectivity index (χ0) is 23.4. The standard InChI is InChI=1S/C27H36FN3O2/c1-4-30-15-13-27(14-16-30)25(17-21-5-9-23(28)10-6-21)31(26(32)29-27)18-22-7-11-24(12-8-22)33-19-20(2)3/h5-12,20,25H,4,13-19H2,1-3H3,(H,29,32)/t25-/m1/s1. The Balaban J connectivity index is 1.54. The van der Waals surface area contributed by atoms with Crippen LogP contribution in [0.15, 0.2) is 48.5 Å². The van der Waals surface area contributed by atoms with Gasteiger partial charge in [-0.1, -0.05) is 45.0 Å². The molecule has 0 unspecified atom stereocenters. The van der Waals surface area contributed by atoms with E-state index in [1.54, 1.807) is 0 Å². The van der Waals surface area contributed by atoms with E-state index >= 15 is 0 Å². The quantitative estimate of drug-likeness (QED) is 0.621. The topological polar surface area (TPSA) is 44.8 Å². The van der Waals surface area contributed by atoms with Gasteiger partial charge < -0.3 is 19.9 Å². The lowest BCUT2D eigenvalue weighted by Crippen LogP contribution is -2.57. The fraction of sp³-hybridized carbons (Fsp3) is 0.519. The van der Waals surface area contributed by atoms with Crippen molar-refractivity contribution in [2.24, 2.45) is 5.92 Å². The fourth-order valence-electron chi connectivity index (χ4n) is 5.02. The van der Waals surface area contributed by atoms with Crippen LogP contribution in [0.1, 0.15) is 44.7 Å². The van der Waals surface area contributed by atoms with Gasteiger partial charge in [-0.25, -0.2) is 9.18 Å². The predicted molar refractivity (Wildman–Crippen MR) is 129 cm³/mol. The summed E-state index contributed by atoms with van der Waals surface area (Å²) < 4.78 is 19.3. The maximum atomic E-state index is 13.5. The minimum absolute atomic E-state index is 0.00723. The number of halogens is 1. The summed E-state index contributed by atoms with van der Waals surface area (Å²) in [4.78, 5) is 17.6. The molecule has 2 aliphatic heterocycles. The molecule has 1 spiro atoms. The molecule has 0 aliphatic carbocycles. The number of nitrogens with zero attached hydrogens (tertiary/aromatic N) is 2. The number of piperidine rings is 1. The molecule has 1 atom stereocenters. The van der Waals surface area contributed by atoms with E-state index in [9.17, 15) is 9.18 Å². The second-order valence-electron chi connectivity index (χ2n) is 9.84. The van der Waals surface area contributed by atoms with Gasteiger partial charge >= 0.3 is 6.03 Å². The molecule has 33 heavy (non-hydrogen) atoms. The number of rotatable bonds is 8. The lowest BCUT2D eigenvalue weighted by atomic mass is 9.78. The van der Waals surface area contributed by atoms with E-state index in [2.05, 4.69) is 31.0 Å². The van der Waals surface area contributed by atoms with Crippen LogP contribution < -0.4 is 10.1 Å². The number of carbonyl (C=O) groups excluding carboxylic acids is 1. The normalized spacial score (nSPS) is 20.5. The monoisotopic (exact) mass is 453 g/mol. The van der Waals surface area contributed by atoms with E-state index in [4.69, 9.17) is 4.74 Å². The number of nitrogens with one attached hydrogen (secondary N) is 1. The molecular formula is C27H36FN3O2. The van der Waals surface area contributed by atoms with Crippen LogP contribution in [-0.2, 0) is 13.0 Å². The molecule has 5 nitrogen and oxygen atoms in total. The first-order valence-electron chi connectivity index (χ1n) is 12.2. The summed E-state index contributed by atoms with van der Waals surface area (Å²) in [6, 6.07) is 14.8. The van der Waals surface area contributed by atoms with E-state index < -0.39 is 0 Å². The molecule has 2 amide bonds. The van der Waals surface area contributed by atoms with E-state index in [0.29, 0.717) is 25.5 Å². The van der Waals surface area contributed by atoms with E-state index in [1.807, 2.05) is 41.3 Å². The Labute approximate surface area is 196 Å². The molecule has 2 aliphatic rings. The zero-order valence-corrected chi connectivity index (χ0v) is 20.0. The first-order valence-corrected chi connectivity index (χ1v) is 12.2. The zero-order valence-electron chi connectivity index (χ0n) is 20.0. The molecule has 6 heteroatoms. The second-order valence-corrected chi connectivity index (χ2v) is 9.84. The molecule has 4 rings (SSSR count). The molecule has 2 saturated heterocycles. The number of hydrogen-bond acceptors (Lipinski definition) is 3. The number of amides is 2. The fourth-order valence-corrected chi connectivity index (χ4v) is 5.02. The maximum Gasteiger partial charge on any atom is 0.318 e. The number of urea groups is 1. The Morgan fingerprint density at radius 1 is 1.06 bits per heavy atom. The van der Waals surface area contributed by atoms with E-state index in [1.165, 1.54) is 12.1 Å². The van der Waals surface area contributed by atoms with E-state index in [-0.39, 0.29) is 23.4 Å². The third-order valence-electron chi connectivity index (χ3n) is 7.03. The molecule has 2 aromatic rings. The summed E-state index contributed by atoms with van der Waals surface area (Å²) in [5.41, 5.74) is 1.88. The van der Waals surface area contributed by atoms with Crippen molar-refractivity contribution in [1.29, 1.82) is 0 Å². The van der Waals surface area contributed by atoms with Crippen molar-refractivity contribution in [3.63, 3.8) is 0 Å². The smallest absolute Gasteiger partial charge is 0.318 e. The van der Waals surface area contributed by atoms with Gasteiger partial charge in [0.05, 0.1) is 18.2 Å². The highest BCUT2D eigenvalue weighted by Gasteiger charge is 2.51. The highest BCUT2D eigenvalue weighted by molar-refractivity contribution is 5.79. The molecule has 1 N–H and O–H groups in total. The van der Waals surface area contributed by atoms with Gasteiger partial charge in [-0.3, -0.25) is 0 Å². The third-order valence-corrected chi connectivity index (χ3v) is 7.03. The lowest BCUT2D eigenvalue weighted by Gasteiger charge is -2.43. The van der Waals surface area contributed by atoms with Crippen molar-refractivity contribution < 1.29 is 13.9 Å². The van der Waals surface area contributed by atoms with Crippen molar-refractivity contribution in [3.05, 3.63) is 65.5 Å². The Morgan fingerprint density at radius 3 is 2.30 bits per heavy atom. The number of ether oxygens (including phenoxy) is 1. The average Bonchev–Trinajstić information content (AvgIpc) is 3.05. The predicted octanol–water partition coefficient (Wildman–Crippen LogP) is 4.85. The van der Waals surface area contributed by atoms with Crippen molar-refractivity contribution in [1.82, 2.24) is 15.1 Å². The molecule has 2 aromatic carbocycles. The van der Waals surface area contributed by atoms with Crippen molar-refractivity contribution in [2.75, 3.05) is 26.2 Å². The summed E-state index contributed by atoms with van der Waals surface area (Å²) in [6.07, 6.45) is 2.56. The molecule has 178 valence electrons. The first kappa shape index (κ1) is 23.6. The lowest BCUT2D eigenvalue weighted by molar-refractivity contribution is 0.112.